The largest absolute Gasteiger partial charge is 0.460 e. The number of primary amides is 1. The molecule has 1 rings (SSSR count). The number of benzene rings is 1. The molecule has 7 nitrogen and oxygen atoms in total. The van der Waals surface area contributed by atoms with Crippen molar-refractivity contribution in [1.29, 1.82) is 0 Å². The molecule has 0 unspecified atom stereocenters. The topological polar surface area (TPSA) is 116 Å². The summed E-state index contributed by atoms with van der Waals surface area (Å²) in [6, 6.07) is 7.83. The van der Waals surface area contributed by atoms with Gasteiger partial charge in [-0.05, 0) is 12.0 Å². The average Bonchev–Trinajstić information content (AvgIpc) is 2.40. The molecule has 1 atom stereocenters. The first-order chi connectivity index (χ1) is 9.78. The van der Waals surface area contributed by atoms with Gasteiger partial charge in [0.2, 0.25) is 15.9 Å². The number of hydrogen-bond acceptors (Lipinski definition) is 5. The molecule has 8 heteroatoms. The molecule has 0 saturated carbocycles. The van der Waals surface area contributed by atoms with Gasteiger partial charge in [0.15, 0.2) is 0 Å². The van der Waals surface area contributed by atoms with Gasteiger partial charge in [-0.25, -0.2) is 13.1 Å². The second-order valence-corrected chi connectivity index (χ2v) is 6.32. The third-order valence-electron chi connectivity index (χ3n) is 2.54. The molecule has 0 heterocycles. The van der Waals surface area contributed by atoms with Crippen LogP contribution in [0.5, 0.6) is 0 Å². The average molecular weight is 314 g/mol. The smallest absolute Gasteiger partial charge is 0.324 e. The van der Waals surface area contributed by atoms with Gasteiger partial charge in [-0.3, -0.25) is 9.59 Å². The number of carbonyl (C=O) groups is 2. The molecule has 0 aromatic heterocycles. The van der Waals surface area contributed by atoms with Gasteiger partial charge in [-0.1, -0.05) is 30.3 Å². The second-order valence-electron chi connectivity index (χ2n) is 4.54. The zero-order valence-electron chi connectivity index (χ0n) is 11.6. The molecular formula is C13H18N2O5S. The fraction of sp³-hybridized carbons (Fsp3) is 0.385. The van der Waals surface area contributed by atoms with Crippen LogP contribution >= 0.6 is 0 Å². The lowest BCUT2D eigenvalue weighted by Gasteiger charge is -2.15. The maximum Gasteiger partial charge on any atom is 0.324 e. The molecule has 0 aliphatic carbocycles. The summed E-state index contributed by atoms with van der Waals surface area (Å²) in [4.78, 5) is 22.7. The molecule has 1 aromatic rings. The highest BCUT2D eigenvalue weighted by Crippen LogP contribution is 2.06. The van der Waals surface area contributed by atoms with E-state index in [4.69, 9.17) is 10.5 Å². The first-order valence-corrected chi connectivity index (χ1v) is 8.13. The van der Waals surface area contributed by atoms with E-state index in [1.165, 1.54) is 0 Å². The van der Waals surface area contributed by atoms with Crippen molar-refractivity contribution >= 4 is 21.9 Å². The van der Waals surface area contributed by atoms with Crippen LogP contribution in [-0.2, 0) is 31.0 Å². The van der Waals surface area contributed by atoms with Crippen molar-refractivity contribution in [2.45, 2.75) is 25.5 Å². The maximum absolute atomic E-state index is 11.9. The molecular weight excluding hydrogens is 296 g/mol. The van der Waals surface area contributed by atoms with E-state index in [1.807, 2.05) is 6.07 Å². The Morgan fingerprint density at radius 1 is 1.29 bits per heavy atom. The van der Waals surface area contributed by atoms with Crippen molar-refractivity contribution in [3.63, 3.8) is 0 Å². The van der Waals surface area contributed by atoms with E-state index < -0.39 is 27.9 Å². The van der Waals surface area contributed by atoms with Crippen LogP contribution in [-0.4, -0.2) is 32.6 Å². The van der Waals surface area contributed by atoms with Crippen molar-refractivity contribution in [2.24, 2.45) is 5.73 Å². The van der Waals surface area contributed by atoms with Crippen LogP contribution in [0.1, 0.15) is 18.4 Å². The summed E-state index contributed by atoms with van der Waals surface area (Å²) < 4.78 is 29.6. The second kappa shape index (κ2) is 7.75. The Bertz CT molecular complexity index is 586. The lowest BCUT2D eigenvalue weighted by molar-refractivity contribution is -0.147. The standard InChI is InChI=1S/C13H18N2O5S/c1-21(18,19)15-11(7-8-12(14)16)13(17)20-9-10-5-3-2-4-6-10/h2-6,11,15H,7-9H2,1H3,(H2,14,16)/t11-/m0/s1. The quantitative estimate of drug-likeness (QED) is 0.651. The first-order valence-electron chi connectivity index (χ1n) is 6.24. The lowest BCUT2D eigenvalue weighted by atomic mass is 10.1. The molecule has 0 spiro atoms. The Kier molecular flexibility index (Phi) is 6.32. The van der Waals surface area contributed by atoms with Gasteiger partial charge < -0.3 is 10.5 Å². The monoisotopic (exact) mass is 314 g/mol. The van der Waals surface area contributed by atoms with Crippen LogP contribution < -0.4 is 10.5 Å². The number of rotatable bonds is 8. The molecule has 116 valence electrons. The summed E-state index contributed by atoms with van der Waals surface area (Å²) in [5.74, 6) is -1.36. The van der Waals surface area contributed by atoms with Gasteiger partial charge in [0.1, 0.15) is 12.6 Å². The fourth-order valence-electron chi connectivity index (χ4n) is 1.60. The zero-order chi connectivity index (χ0) is 15.9. The van der Waals surface area contributed by atoms with Crippen molar-refractivity contribution in [1.82, 2.24) is 4.72 Å². The number of esters is 1. The molecule has 21 heavy (non-hydrogen) atoms. The highest BCUT2D eigenvalue weighted by atomic mass is 32.2. The van der Waals surface area contributed by atoms with E-state index in [0.29, 0.717) is 0 Å². The SMILES string of the molecule is CS(=O)(=O)N[C@@H](CCC(N)=O)C(=O)OCc1ccccc1. The van der Waals surface area contributed by atoms with Crippen molar-refractivity contribution in [3.05, 3.63) is 35.9 Å². The number of carbonyl (C=O) groups excluding carboxylic acids is 2. The fourth-order valence-corrected chi connectivity index (χ4v) is 2.33. The van der Waals surface area contributed by atoms with Gasteiger partial charge in [0.25, 0.3) is 0 Å². The number of amides is 1. The maximum atomic E-state index is 11.9. The highest BCUT2D eigenvalue weighted by Gasteiger charge is 2.24. The van der Waals surface area contributed by atoms with Gasteiger partial charge in [-0.2, -0.15) is 0 Å². The molecule has 0 aliphatic heterocycles. The van der Waals surface area contributed by atoms with Crippen LogP contribution in [0.25, 0.3) is 0 Å². The summed E-state index contributed by atoms with van der Waals surface area (Å²) >= 11 is 0. The first kappa shape index (κ1) is 17.1. The minimum atomic E-state index is -3.60. The van der Waals surface area contributed by atoms with E-state index in [2.05, 4.69) is 4.72 Å². The Morgan fingerprint density at radius 2 is 1.90 bits per heavy atom. The van der Waals surface area contributed by atoms with Crippen molar-refractivity contribution < 1.29 is 22.7 Å². The van der Waals surface area contributed by atoms with E-state index in [1.54, 1.807) is 24.3 Å². The number of nitrogens with two attached hydrogens (primary N) is 1. The highest BCUT2D eigenvalue weighted by molar-refractivity contribution is 7.88. The normalized spacial score (nSPS) is 12.6. The van der Waals surface area contributed by atoms with Gasteiger partial charge in [0.05, 0.1) is 6.26 Å². The minimum absolute atomic E-state index is 0.0260. The Balaban J connectivity index is 2.63. The molecule has 3 N–H and O–H groups in total. The van der Waals surface area contributed by atoms with E-state index >= 15 is 0 Å². The van der Waals surface area contributed by atoms with Crippen LogP contribution in [0.15, 0.2) is 30.3 Å². The number of nitrogens with one attached hydrogen (secondary N) is 1. The summed E-state index contributed by atoms with van der Waals surface area (Å²) in [6.45, 7) is 0.0260. The molecule has 0 aliphatic rings. The summed E-state index contributed by atoms with van der Waals surface area (Å²) in [5.41, 5.74) is 5.78. The molecule has 0 bridgehead atoms. The Hall–Kier alpha value is -1.93. The predicted octanol–water partition coefficient (Wildman–Crippen LogP) is -0.0869. The summed E-state index contributed by atoms with van der Waals surface area (Å²) in [5, 5.41) is 0. The number of hydrogen-bond donors (Lipinski definition) is 2. The molecule has 0 radical (unpaired) electrons. The summed E-state index contributed by atoms with van der Waals surface area (Å²) in [6.07, 6.45) is 0.762. The van der Waals surface area contributed by atoms with Crippen molar-refractivity contribution in [3.8, 4) is 0 Å². The minimum Gasteiger partial charge on any atom is -0.460 e. The molecule has 0 saturated heterocycles. The van der Waals surface area contributed by atoms with Gasteiger partial charge in [-0.15, -0.1) is 0 Å². The Labute approximate surface area is 123 Å². The van der Waals surface area contributed by atoms with E-state index in [0.717, 1.165) is 11.8 Å². The number of ether oxygens (including phenoxy) is 1. The van der Waals surface area contributed by atoms with Crippen LogP contribution in [0.2, 0.25) is 0 Å². The van der Waals surface area contributed by atoms with E-state index in [-0.39, 0.29) is 19.4 Å². The van der Waals surface area contributed by atoms with Gasteiger partial charge >= 0.3 is 5.97 Å². The zero-order valence-corrected chi connectivity index (χ0v) is 12.4. The van der Waals surface area contributed by atoms with Crippen LogP contribution in [0.4, 0.5) is 0 Å². The van der Waals surface area contributed by atoms with Crippen LogP contribution in [0.3, 0.4) is 0 Å². The number of sulfonamides is 1. The Morgan fingerprint density at radius 3 is 2.43 bits per heavy atom. The molecule has 1 aromatic carbocycles. The van der Waals surface area contributed by atoms with Crippen LogP contribution in [0, 0.1) is 0 Å². The predicted molar refractivity (Wildman–Crippen MR) is 76.4 cm³/mol. The lowest BCUT2D eigenvalue weighted by Crippen LogP contribution is -2.41. The van der Waals surface area contributed by atoms with E-state index in [9.17, 15) is 18.0 Å². The third-order valence-corrected chi connectivity index (χ3v) is 3.26. The third kappa shape index (κ3) is 7.42. The van der Waals surface area contributed by atoms with Crippen molar-refractivity contribution in [2.75, 3.05) is 6.26 Å². The summed E-state index contributed by atoms with van der Waals surface area (Å²) in [7, 11) is -3.60. The molecule has 1 amide bonds. The van der Waals surface area contributed by atoms with Gasteiger partial charge in [0, 0.05) is 6.42 Å². The molecule has 0 fully saturated rings.